The molecule has 0 saturated heterocycles. The van der Waals surface area contributed by atoms with Crippen LogP contribution in [-0.2, 0) is 0 Å². The summed E-state index contributed by atoms with van der Waals surface area (Å²) in [7, 11) is 0. The van der Waals surface area contributed by atoms with E-state index in [0.717, 1.165) is 16.5 Å². The smallest absolute Gasteiger partial charge is 0.247 e. The molecule has 0 aliphatic rings. The van der Waals surface area contributed by atoms with Crippen molar-refractivity contribution in [1.82, 2.24) is 20.2 Å². The third-order valence-electron chi connectivity index (χ3n) is 3.24. The molecule has 2 aromatic heterocycles. The van der Waals surface area contributed by atoms with Crippen molar-refractivity contribution in [2.45, 2.75) is 0 Å². The second kappa shape index (κ2) is 5.66. The van der Waals surface area contributed by atoms with Gasteiger partial charge in [0.25, 0.3) is 0 Å². The molecular formula is C16H9ClN4O2. The van der Waals surface area contributed by atoms with Gasteiger partial charge in [-0.05, 0) is 42.5 Å². The Balaban J connectivity index is 1.66. The zero-order valence-corrected chi connectivity index (χ0v) is 12.4. The molecule has 0 aliphatic heterocycles. The number of halogens is 1. The summed E-state index contributed by atoms with van der Waals surface area (Å²) in [5.41, 5.74) is 1.54. The Morgan fingerprint density at radius 1 is 1.00 bits per heavy atom. The molecule has 4 aromatic rings. The van der Waals surface area contributed by atoms with Gasteiger partial charge in [0.15, 0.2) is 0 Å². The molecule has 0 atom stereocenters. The number of benzene rings is 2. The van der Waals surface area contributed by atoms with Crippen LogP contribution < -0.4 is 4.74 Å². The van der Waals surface area contributed by atoms with Gasteiger partial charge in [-0.1, -0.05) is 11.6 Å². The van der Waals surface area contributed by atoms with Crippen LogP contribution in [0.25, 0.3) is 22.4 Å². The van der Waals surface area contributed by atoms with Crippen LogP contribution in [0.15, 0.2) is 59.6 Å². The second-order valence-corrected chi connectivity index (χ2v) is 5.15. The lowest BCUT2D eigenvalue weighted by atomic mass is 10.2. The Bertz CT molecular complexity index is 956. The van der Waals surface area contributed by atoms with Crippen LogP contribution in [0.5, 0.6) is 11.6 Å². The molecule has 0 N–H and O–H groups in total. The van der Waals surface area contributed by atoms with E-state index < -0.39 is 0 Å². The molecule has 0 radical (unpaired) electrons. The van der Waals surface area contributed by atoms with Crippen LogP contribution in [0.1, 0.15) is 0 Å². The van der Waals surface area contributed by atoms with E-state index in [1.54, 1.807) is 12.1 Å². The Labute approximate surface area is 135 Å². The first kappa shape index (κ1) is 13.7. The van der Waals surface area contributed by atoms with Gasteiger partial charge >= 0.3 is 0 Å². The molecule has 112 valence electrons. The Hall–Kier alpha value is -2.99. The molecule has 4 rings (SSSR count). The number of nitrogens with zero attached hydrogens (tertiary/aromatic N) is 4. The van der Waals surface area contributed by atoms with Crippen molar-refractivity contribution < 1.29 is 9.15 Å². The fourth-order valence-electron chi connectivity index (χ4n) is 2.16. The molecule has 23 heavy (non-hydrogen) atoms. The predicted octanol–water partition coefficient (Wildman–Crippen LogP) is 4.13. The number of fused-ring (bicyclic) bond motifs is 1. The van der Waals surface area contributed by atoms with Crippen LogP contribution in [0.3, 0.4) is 0 Å². The predicted molar refractivity (Wildman–Crippen MR) is 84.4 cm³/mol. The van der Waals surface area contributed by atoms with Gasteiger partial charge in [-0.2, -0.15) is 0 Å². The molecule has 2 heterocycles. The number of hydrogen-bond acceptors (Lipinski definition) is 6. The molecule has 6 nitrogen and oxygen atoms in total. The third-order valence-corrected chi connectivity index (χ3v) is 3.47. The molecule has 2 aromatic carbocycles. The average molecular weight is 325 g/mol. The zero-order chi connectivity index (χ0) is 15.6. The van der Waals surface area contributed by atoms with Crippen molar-refractivity contribution >= 4 is 22.5 Å². The summed E-state index contributed by atoms with van der Waals surface area (Å²) in [5.74, 6) is 1.57. The van der Waals surface area contributed by atoms with E-state index in [0.29, 0.717) is 22.5 Å². The SMILES string of the molecule is Clc1ccc2c(Oc3ccc(-c4nnco4)cc3)ncnc2c1. The van der Waals surface area contributed by atoms with Gasteiger partial charge in [0.05, 0.1) is 10.9 Å². The highest BCUT2D eigenvalue weighted by molar-refractivity contribution is 6.31. The van der Waals surface area contributed by atoms with Crippen LogP contribution in [0.2, 0.25) is 5.02 Å². The number of hydrogen-bond donors (Lipinski definition) is 0. The monoisotopic (exact) mass is 324 g/mol. The van der Waals surface area contributed by atoms with E-state index in [4.69, 9.17) is 20.8 Å². The highest BCUT2D eigenvalue weighted by Crippen LogP contribution is 2.29. The van der Waals surface area contributed by atoms with E-state index in [1.165, 1.54) is 12.7 Å². The van der Waals surface area contributed by atoms with E-state index in [1.807, 2.05) is 30.3 Å². The van der Waals surface area contributed by atoms with Crippen LogP contribution in [-0.4, -0.2) is 20.2 Å². The topological polar surface area (TPSA) is 73.9 Å². The molecule has 0 bridgehead atoms. The summed E-state index contributed by atoms with van der Waals surface area (Å²) in [6, 6.07) is 12.7. The Morgan fingerprint density at radius 2 is 1.87 bits per heavy atom. The Morgan fingerprint density at radius 3 is 2.65 bits per heavy atom. The van der Waals surface area contributed by atoms with Crippen molar-refractivity contribution in [3.05, 3.63) is 60.2 Å². The number of rotatable bonds is 3. The summed E-state index contributed by atoms with van der Waals surface area (Å²) in [5, 5.41) is 8.92. The largest absolute Gasteiger partial charge is 0.438 e. The van der Waals surface area contributed by atoms with Crippen LogP contribution >= 0.6 is 11.6 Å². The molecular weight excluding hydrogens is 316 g/mol. The maximum atomic E-state index is 5.98. The van der Waals surface area contributed by atoms with Crippen LogP contribution in [0.4, 0.5) is 0 Å². The van der Waals surface area contributed by atoms with Crippen molar-refractivity contribution in [2.75, 3.05) is 0 Å². The van der Waals surface area contributed by atoms with Crippen LogP contribution in [0, 0.1) is 0 Å². The third kappa shape index (κ3) is 2.72. The minimum atomic E-state index is 0.457. The lowest BCUT2D eigenvalue weighted by Crippen LogP contribution is -1.91. The maximum Gasteiger partial charge on any atom is 0.247 e. The normalized spacial score (nSPS) is 10.8. The highest BCUT2D eigenvalue weighted by Gasteiger charge is 2.08. The second-order valence-electron chi connectivity index (χ2n) is 4.71. The summed E-state index contributed by atoms with van der Waals surface area (Å²) in [6.07, 6.45) is 2.73. The van der Waals surface area contributed by atoms with Gasteiger partial charge in [-0.25, -0.2) is 9.97 Å². The van der Waals surface area contributed by atoms with Gasteiger partial charge in [-0.3, -0.25) is 0 Å². The fourth-order valence-corrected chi connectivity index (χ4v) is 2.33. The maximum absolute atomic E-state index is 5.98. The number of ether oxygens (including phenoxy) is 1. The number of aromatic nitrogens is 4. The van der Waals surface area contributed by atoms with Gasteiger partial charge in [-0.15, -0.1) is 10.2 Å². The first-order valence-electron chi connectivity index (χ1n) is 6.74. The van der Waals surface area contributed by atoms with Crippen molar-refractivity contribution in [3.63, 3.8) is 0 Å². The first-order valence-corrected chi connectivity index (χ1v) is 7.12. The Kier molecular flexibility index (Phi) is 3.36. The van der Waals surface area contributed by atoms with E-state index in [2.05, 4.69) is 20.2 Å². The molecule has 0 saturated carbocycles. The standard InChI is InChI=1S/C16H9ClN4O2/c17-11-3-6-13-14(7-11)18-8-19-16(13)23-12-4-1-10(2-5-12)15-21-20-9-22-15/h1-9H. The summed E-state index contributed by atoms with van der Waals surface area (Å²) in [4.78, 5) is 8.38. The minimum absolute atomic E-state index is 0.457. The fraction of sp³-hybridized carbons (Fsp3) is 0. The molecule has 0 amide bonds. The lowest BCUT2D eigenvalue weighted by molar-refractivity contribution is 0.468. The molecule has 7 heteroatoms. The highest BCUT2D eigenvalue weighted by atomic mass is 35.5. The first-order chi connectivity index (χ1) is 11.3. The summed E-state index contributed by atoms with van der Waals surface area (Å²) in [6.45, 7) is 0. The molecule has 0 spiro atoms. The molecule has 0 fully saturated rings. The lowest BCUT2D eigenvalue weighted by Gasteiger charge is -2.07. The van der Waals surface area contributed by atoms with Crippen molar-refractivity contribution in [3.8, 4) is 23.1 Å². The quantitative estimate of drug-likeness (QED) is 0.564. The van der Waals surface area contributed by atoms with Crippen molar-refractivity contribution in [2.24, 2.45) is 0 Å². The van der Waals surface area contributed by atoms with E-state index in [9.17, 15) is 0 Å². The summed E-state index contributed by atoms with van der Waals surface area (Å²) < 4.78 is 11.0. The zero-order valence-electron chi connectivity index (χ0n) is 11.7. The average Bonchev–Trinajstić information content (AvgIpc) is 3.10. The van der Waals surface area contributed by atoms with Gasteiger partial charge in [0, 0.05) is 10.6 Å². The molecule has 0 unspecified atom stereocenters. The summed E-state index contributed by atoms with van der Waals surface area (Å²) >= 11 is 5.98. The van der Waals surface area contributed by atoms with Gasteiger partial charge in [0.1, 0.15) is 12.1 Å². The minimum Gasteiger partial charge on any atom is -0.438 e. The van der Waals surface area contributed by atoms with Gasteiger partial charge < -0.3 is 9.15 Å². The van der Waals surface area contributed by atoms with Crippen molar-refractivity contribution in [1.29, 1.82) is 0 Å². The molecule has 0 aliphatic carbocycles. The van der Waals surface area contributed by atoms with E-state index >= 15 is 0 Å². The van der Waals surface area contributed by atoms with E-state index in [-0.39, 0.29) is 0 Å². The van der Waals surface area contributed by atoms with Gasteiger partial charge in [0.2, 0.25) is 18.2 Å².